The molecule has 17 heavy (non-hydrogen) atoms. The molecule has 1 saturated heterocycles. The second-order valence-corrected chi connectivity index (χ2v) is 4.37. The Bertz CT molecular complexity index is 429. The molecule has 0 saturated carbocycles. The van der Waals surface area contributed by atoms with Gasteiger partial charge >= 0.3 is 0 Å². The number of nitrogens with zero attached hydrogens (tertiary/aromatic N) is 4. The van der Waals surface area contributed by atoms with E-state index in [4.69, 9.17) is 10.00 Å². The molecule has 2 rings (SSSR count). The van der Waals surface area contributed by atoms with Crippen molar-refractivity contribution < 1.29 is 4.74 Å². The van der Waals surface area contributed by atoms with Gasteiger partial charge < -0.3 is 9.64 Å². The molecule has 0 amide bonds. The lowest BCUT2D eigenvalue weighted by Gasteiger charge is -2.36. The van der Waals surface area contributed by atoms with E-state index in [2.05, 4.69) is 28.1 Å². The number of ether oxygens (including phenoxy) is 1. The van der Waals surface area contributed by atoms with Gasteiger partial charge in [0.25, 0.3) is 0 Å². The van der Waals surface area contributed by atoms with E-state index in [1.54, 1.807) is 19.4 Å². The topological polar surface area (TPSA) is 62.0 Å². The van der Waals surface area contributed by atoms with Crippen LogP contribution >= 0.6 is 0 Å². The summed E-state index contributed by atoms with van der Waals surface area (Å²) in [4.78, 5) is 2.08. The number of aromatic nitrogens is 2. The molecule has 2 atom stereocenters. The van der Waals surface area contributed by atoms with Crippen molar-refractivity contribution in [2.45, 2.75) is 19.4 Å². The van der Waals surface area contributed by atoms with Gasteiger partial charge in [0, 0.05) is 20.2 Å². The predicted molar refractivity (Wildman–Crippen MR) is 63.5 cm³/mol. The minimum atomic E-state index is 0.192. The SMILES string of the molecule is COC1CN(c2nnccc2C#N)CCC1C. The van der Waals surface area contributed by atoms with E-state index < -0.39 is 0 Å². The quantitative estimate of drug-likeness (QED) is 0.767. The first kappa shape index (κ1) is 11.8. The Morgan fingerprint density at radius 1 is 1.59 bits per heavy atom. The zero-order valence-corrected chi connectivity index (χ0v) is 10.1. The van der Waals surface area contributed by atoms with Gasteiger partial charge in [0.1, 0.15) is 6.07 Å². The zero-order valence-electron chi connectivity index (χ0n) is 10.1. The monoisotopic (exact) mass is 232 g/mol. The molecule has 0 bridgehead atoms. The Labute approximate surface area is 101 Å². The number of anilines is 1. The van der Waals surface area contributed by atoms with Gasteiger partial charge in [-0.25, -0.2) is 0 Å². The number of methoxy groups -OCH3 is 1. The van der Waals surface area contributed by atoms with E-state index >= 15 is 0 Å². The van der Waals surface area contributed by atoms with Gasteiger partial charge in [-0.1, -0.05) is 6.92 Å². The van der Waals surface area contributed by atoms with Crippen molar-refractivity contribution in [1.82, 2.24) is 10.2 Å². The van der Waals surface area contributed by atoms with Crippen molar-refractivity contribution in [3.8, 4) is 6.07 Å². The van der Waals surface area contributed by atoms with Gasteiger partial charge in [-0.3, -0.25) is 0 Å². The lowest BCUT2D eigenvalue weighted by atomic mass is 9.95. The molecule has 0 spiro atoms. The molecule has 0 aromatic carbocycles. The minimum absolute atomic E-state index is 0.192. The summed E-state index contributed by atoms with van der Waals surface area (Å²) < 4.78 is 5.46. The van der Waals surface area contributed by atoms with Crippen molar-refractivity contribution in [3.05, 3.63) is 17.8 Å². The summed E-state index contributed by atoms with van der Waals surface area (Å²) in [6.45, 7) is 3.85. The first-order valence-corrected chi connectivity index (χ1v) is 5.75. The molecule has 2 unspecified atom stereocenters. The smallest absolute Gasteiger partial charge is 0.169 e. The molecule has 0 aliphatic carbocycles. The van der Waals surface area contributed by atoms with E-state index in [0.717, 1.165) is 19.5 Å². The van der Waals surface area contributed by atoms with Crippen LogP contribution in [-0.4, -0.2) is 36.5 Å². The largest absolute Gasteiger partial charge is 0.379 e. The molecule has 1 aliphatic rings. The summed E-state index contributed by atoms with van der Waals surface area (Å²) in [6.07, 6.45) is 2.78. The Balaban J connectivity index is 2.21. The van der Waals surface area contributed by atoms with Crippen LogP contribution in [0, 0.1) is 17.2 Å². The molecule has 1 fully saturated rings. The van der Waals surface area contributed by atoms with Crippen molar-refractivity contribution >= 4 is 5.82 Å². The third-order valence-electron chi connectivity index (χ3n) is 3.31. The van der Waals surface area contributed by atoms with Gasteiger partial charge in [-0.2, -0.15) is 10.4 Å². The third kappa shape index (κ3) is 2.37. The Morgan fingerprint density at radius 3 is 3.12 bits per heavy atom. The number of hydrogen-bond acceptors (Lipinski definition) is 5. The standard InChI is InChI=1S/C12H16N4O/c1-9-4-6-16(8-11(9)17-2)12-10(7-13)3-5-14-15-12/h3,5,9,11H,4,6,8H2,1-2H3. The summed E-state index contributed by atoms with van der Waals surface area (Å²) in [5.74, 6) is 1.21. The van der Waals surface area contributed by atoms with Gasteiger partial charge in [-0.05, 0) is 18.4 Å². The number of rotatable bonds is 2. The Hall–Kier alpha value is -1.67. The van der Waals surface area contributed by atoms with Crippen molar-refractivity contribution in [2.75, 3.05) is 25.1 Å². The molecular formula is C12H16N4O. The van der Waals surface area contributed by atoms with Crippen LogP contribution in [0.4, 0.5) is 5.82 Å². The molecule has 1 aromatic rings. The molecular weight excluding hydrogens is 216 g/mol. The van der Waals surface area contributed by atoms with Crippen LogP contribution < -0.4 is 4.90 Å². The van der Waals surface area contributed by atoms with Gasteiger partial charge in [0.05, 0.1) is 17.9 Å². The summed E-state index contributed by atoms with van der Waals surface area (Å²) >= 11 is 0. The summed E-state index contributed by atoms with van der Waals surface area (Å²) in [5.41, 5.74) is 0.574. The molecule has 1 aromatic heterocycles. The van der Waals surface area contributed by atoms with Crippen LogP contribution in [0.5, 0.6) is 0 Å². The Kier molecular flexibility index (Phi) is 3.55. The van der Waals surface area contributed by atoms with Gasteiger partial charge in [0.2, 0.25) is 0 Å². The van der Waals surface area contributed by atoms with Crippen molar-refractivity contribution in [3.63, 3.8) is 0 Å². The van der Waals surface area contributed by atoms with Crippen LogP contribution in [0.15, 0.2) is 12.3 Å². The average Bonchev–Trinajstić information content (AvgIpc) is 2.39. The molecule has 0 radical (unpaired) electrons. The molecule has 0 N–H and O–H groups in total. The number of hydrogen-bond donors (Lipinski definition) is 0. The number of piperidine rings is 1. The second kappa shape index (κ2) is 5.11. The lowest BCUT2D eigenvalue weighted by molar-refractivity contribution is 0.0496. The van der Waals surface area contributed by atoms with E-state index in [1.807, 2.05) is 0 Å². The fourth-order valence-electron chi connectivity index (χ4n) is 2.18. The first-order chi connectivity index (χ1) is 8.26. The van der Waals surface area contributed by atoms with Crippen LogP contribution in [0.1, 0.15) is 18.9 Å². The minimum Gasteiger partial charge on any atom is -0.379 e. The van der Waals surface area contributed by atoms with Crippen LogP contribution in [0.2, 0.25) is 0 Å². The Morgan fingerprint density at radius 2 is 2.41 bits per heavy atom. The predicted octanol–water partition coefficient (Wildman–Crippen LogP) is 1.21. The fraction of sp³-hybridized carbons (Fsp3) is 0.583. The second-order valence-electron chi connectivity index (χ2n) is 4.37. The molecule has 2 heterocycles. The number of nitriles is 1. The van der Waals surface area contributed by atoms with Gasteiger partial charge in [-0.15, -0.1) is 5.10 Å². The zero-order chi connectivity index (χ0) is 12.3. The maximum atomic E-state index is 9.05. The van der Waals surface area contributed by atoms with Crippen molar-refractivity contribution in [2.24, 2.45) is 5.92 Å². The van der Waals surface area contributed by atoms with Crippen molar-refractivity contribution in [1.29, 1.82) is 5.26 Å². The van der Waals surface area contributed by atoms with E-state index in [1.165, 1.54) is 0 Å². The maximum Gasteiger partial charge on any atom is 0.169 e. The highest BCUT2D eigenvalue weighted by molar-refractivity contribution is 5.52. The first-order valence-electron chi connectivity index (χ1n) is 5.75. The maximum absolute atomic E-state index is 9.05. The third-order valence-corrected chi connectivity index (χ3v) is 3.31. The van der Waals surface area contributed by atoms with Crippen LogP contribution in [0.3, 0.4) is 0 Å². The molecule has 90 valence electrons. The summed E-state index contributed by atoms with van der Waals surface area (Å²) in [7, 11) is 1.73. The average molecular weight is 232 g/mol. The highest BCUT2D eigenvalue weighted by Crippen LogP contribution is 2.24. The van der Waals surface area contributed by atoms with E-state index in [0.29, 0.717) is 17.3 Å². The van der Waals surface area contributed by atoms with Crippen LogP contribution in [0.25, 0.3) is 0 Å². The molecule has 5 heteroatoms. The fourth-order valence-corrected chi connectivity index (χ4v) is 2.18. The summed E-state index contributed by atoms with van der Waals surface area (Å²) in [5, 5.41) is 17.0. The molecule has 1 aliphatic heterocycles. The van der Waals surface area contributed by atoms with E-state index in [-0.39, 0.29) is 6.10 Å². The summed E-state index contributed by atoms with van der Waals surface area (Å²) in [6, 6.07) is 3.85. The van der Waals surface area contributed by atoms with Crippen LogP contribution in [-0.2, 0) is 4.74 Å². The highest BCUT2D eigenvalue weighted by Gasteiger charge is 2.28. The van der Waals surface area contributed by atoms with Gasteiger partial charge in [0.15, 0.2) is 5.82 Å². The van der Waals surface area contributed by atoms with E-state index in [9.17, 15) is 0 Å². The normalized spacial score (nSPS) is 24.4. The lowest BCUT2D eigenvalue weighted by Crippen LogP contribution is -2.44. The highest BCUT2D eigenvalue weighted by atomic mass is 16.5. The molecule has 5 nitrogen and oxygen atoms in total.